The number of carbonyl (C=O) groups excluding carboxylic acids is 1. The average molecular weight is 142 g/mol. The van der Waals surface area contributed by atoms with Crippen LogP contribution in [-0.4, -0.2) is 16.2 Å². The van der Waals surface area contributed by atoms with E-state index in [1.54, 1.807) is 0 Å². The summed E-state index contributed by atoms with van der Waals surface area (Å²) < 4.78 is 4.39. The van der Waals surface area contributed by atoms with E-state index in [9.17, 15) is 4.79 Å². The molecule has 54 valence electrons. The van der Waals surface area contributed by atoms with Crippen LogP contribution in [0.2, 0.25) is 0 Å². The molecule has 0 radical (unpaired) electrons. The van der Waals surface area contributed by atoms with E-state index in [4.69, 9.17) is 5.73 Å². The van der Waals surface area contributed by atoms with Crippen molar-refractivity contribution in [1.29, 1.82) is 0 Å². The number of nitrogens with two attached hydrogens (primary N) is 1. The standard InChI is InChI=1S/C4H6N4O2/c5-4(9)6-1-3-7-2-10-8-3/h2H,1H2,(H3,5,6,9). The Bertz CT molecular complexity index is 207. The van der Waals surface area contributed by atoms with Gasteiger partial charge in [-0.15, -0.1) is 0 Å². The average Bonchev–Trinajstić information content (AvgIpc) is 2.34. The van der Waals surface area contributed by atoms with Gasteiger partial charge in [-0.1, -0.05) is 5.16 Å². The highest BCUT2D eigenvalue weighted by Crippen LogP contribution is 1.84. The van der Waals surface area contributed by atoms with Gasteiger partial charge in [0.25, 0.3) is 0 Å². The van der Waals surface area contributed by atoms with Crippen molar-refractivity contribution in [2.45, 2.75) is 6.54 Å². The Morgan fingerprint density at radius 3 is 3.20 bits per heavy atom. The van der Waals surface area contributed by atoms with Crippen LogP contribution in [0.3, 0.4) is 0 Å². The molecule has 2 amide bonds. The second kappa shape index (κ2) is 2.81. The first kappa shape index (κ1) is 6.53. The van der Waals surface area contributed by atoms with Crippen LogP contribution in [0.25, 0.3) is 0 Å². The van der Waals surface area contributed by atoms with Crippen molar-refractivity contribution < 1.29 is 9.32 Å². The van der Waals surface area contributed by atoms with E-state index in [2.05, 4.69) is 20.0 Å². The molecule has 0 atom stereocenters. The molecular formula is C4H6N4O2. The van der Waals surface area contributed by atoms with Gasteiger partial charge >= 0.3 is 6.03 Å². The van der Waals surface area contributed by atoms with Crippen LogP contribution < -0.4 is 11.1 Å². The van der Waals surface area contributed by atoms with Crippen LogP contribution in [-0.2, 0) is 6.54 Å². The second-order valence-electron chi connectivity index (χ2n) is 1.57. The van der Waals surface area contributed by atoms with Crippen LogP contribution in [0, 0.1) is 0 Å². The van der Waals surface area contributed by atoms with Crippen molar-refractivity contribution >= 4 is 6.03 Å². The molecule has 6 heteroatoms. The molecule has 0 aromatic carbocycles. The Morgan fingerprint density at radius 1 is 1.90 bits per heavy atom. The fourth-order valence-electron chi connectivity index (χ4n) is 0.436. The fraction of sp³-hybridized carbons (Fsp3) is 0.250. The summed E-state index contributed by atoms with van der Waals surface area (Å²) in [5.41, 5.74) is 4.77. The lowest BCUT2D eigenvalue weighted by molar-refractivity contribution is 0.248. The van der Waals surface area contributed by atoms with Gasteiger partial charge in [0.05, 0.1) is 6.54 Å². The van der Waals surface area contributed by atoms with Crippen molar-refractivity contribution in [3.05, 3.63) is 12.2 Å². The van der Waals surface area contributed by atoms with Gasteiger partial charge in [-0.3, -0.25) is 0 Å². The normalized spacial score (nSPS) is 9.20. The SMILES string of the molecule is NC(=O)NCc1ncon1. The third kappa shape index (κ3) is 1.73. The molecule has 0 saturated carbocycles. The zero-order valence-corrected chi connectivity index (χ0v) is 5.07. The molecule has 0 aliphatic heterocycles. The summed E-state index contributed by atoms with van der Waals surface area (Å²) in [4.78, 5) is 13.8. The molecule has 0 unspecified atom stereocenters. The first-order valence-electron chi connectivity index (χ1n) is 2.57. The summed E-state index contributed by atoms with van der Waals surface area (Å²) in [5, 5.41) is 5.73. The third-order valence-corrected chi connectivity index (χ3v) is 0.828. The van der Waals surface area contributed by atoms with Crippen molar-refractivity contribution in [3.8, 4) is 0 Å². The number of primary amides is 1. The van der Waals surface area contributed by atoms with E-state index in [1.807, 2.05) is 0 Å². The van der Waals surface area contributed by atoms with Crippen molar-refractivity contribution in [3.63, 3.8) is 0 Å². The molecule has 3 N–H and O–H groups in total. The fourth-order valence-corrected chi connectivity index (χ4v) is 0.436. The number of nitrogens with zero attached hydrogens (tertiary/aromatic N) is 2. The summed E-state index contributed by atoms with van der Waals surface area (Å²) in [6, 6.07) is -0.607. The van der Waals surface area contributed by atoms with Gasteiger partial charge in [0.2, 0.25) is 6.39 Å². The topological polar surface area (TPSA) is 94.0 Å². The highest BCUT2D eigenvalue weighted by molar-refractivity contribution is 5.71. The Balaban J connectivity index is 2.35. The number of hydrogen-bond acceptors (Lipinski definition) is 4. The summed E-state index contributed by atoms with van der Waals surface area (Å²) in [6.07, 6.45) is 1.18. The van der Waals surface area contributed by atoms with Crippen LogP contribution >= 0.6 is 0 Å². The molecule has 1 heterocycles. The Hall–Kier alpha value is -1.59. The van der Waals surface area contributed by atoms with Crippen molar-refractivity contribution in [2.75, 3.05) is 0 Å². The van der Waals surface area contributed by atoms with E-state index in [0.29, 0.717) is 5.82 Å². The van der Waals surface area contributed by atoms with E-state index < -0.39 is 6.03 Å². The minimum atomic E-state index is -0.607. The molecule has 0 spiro atoms. The van der Waals surface area contributed by atoms with Crippen LogP contribution in [0.5, 0.6) is 0 Å². The van der Waals surface area contributed by atoms with Crippen molar-refractivity contribution in [2.24, 2.45) is 5.73 Å². The minimum absolute atomic E-state index is 0.200. The third-order valence-electron chi connectivity index (χ3n) is 0.828. The molecule has 1 aromatic heterocycles. The predicted octanol–water partition coefficient (Wildman–Crippen LogP) is -0.762. The molecule has 0 aliphatic rings. The summed E-state index contributed by atoms with van der Waals surface area (Å²) in [6.45, 7) is 0.200. The van der Waals surface area contributed by atoms with Gasteiger partial charge < -0.3 is 15.6 Å². The van der Waals surface area contributed by atoms with Gasteiger partial charge in [0, 0.05) is 0 Å². The zero-order valence-electron chi connectivity index (χ0n) is 5.07. The number of amides is 2. The summed E-state index contributed by atoms with van der Waals surface area (Å²) >= 11 is 0. The second-order valence-corrected chi connectivity index (χ2v) is 1.57. The van der Waals surface area contributed by atoms with Gasteiger partial charge in [-0.25, -0.2) is 4.79 Å². The van der Waals surface area contributed by atoms with Crippen LogP contribution in [0.15, 0.2) is 10.9 Å². The van der Waals surface area contributed by atoms with E-state index in [0.717, 1.165) is 0 Å². The maximum atomic E-state index is 10.1. The number of nitrogens with one attached hydrogen (secondary N) is 1. The number of hydrogen-bond donors (Lipinski definition) is 2. The number of carbonyl (C=O) groups is 1. The number of rotatable bonds is 2. The monoisotopic (exact) mass is 142 g/mol. The number of urea groups is 1. The van der Waals surface area contributed by atoms with Gasteiger partial charge in [-0.2, -0.15) is 4.98 Å². The first-order valence-corrected chi connectivity index (χ1v) is 2.57. The minimum Gasteiger partial charge on any atom is -0.352 e. The molecule has 0 aliphatic carbocycles. The maximum Gasteiger partial charge on any atom is 0.312 e. The van der Waals surface area contributed by atoms with Gasteiger partial charge in [-0.05, 0) is 0 Å². The quantitative estimate of drug-likeness (QED) is 0.567. The lowest BCUT2D eigenvalue weighted by Crippen LogP contribution is -2.28. The van der Waals surface area contributed by atoms with Gasteiger partial charge in [0.1, 0.15) is 0 Å². The molecule has 0 fully saturated rings. The van der Waals surface area contributed by atoms with Crippen LogP contribution in [0.4, 0.5) is 4.79 Å². The van der Waals surface area contributed by atoms with Crippen LogP contribution in [0.1, 0.15) is 5.82 Å². The Kier molecular flexibility index (Phi) is 1.83. The van der Waals surface area contributed by atoms with Gasteiger partial charge in [0.15, 0.2) is 5.82 Å². The smallest absolute Gasteiger partial charge is 0.312 e. The molecule has 1 aromatic rings. The number of aromatic nitrogens is 2. The highest BCUT2D eigenvalue weighted by Gasteiger charge is 1.97. The first-order chi connectivity index (χ1) is 4.79. The molecule has 0 bridgehead atoms. The lowest BCUT2D eigenvalue weighted by atomic mass is 10.6. The Labute approximate surface area is 56.4 Å². The van der Waals surface area contributed by atoms with E-state index in [-0.39, 0.29) is 6.54 Å². The lowest BCUT2D eigenvalue weighted by Gasteiger charge is -1.92. The molecular weight excluding hydrogens is 136 g/mol. The van der Waals surface area contributed by atoms with Crippen molar-refractivity contribution in [1.82, 2.24) is 15.5 Å². The highest BCUT2D eigenvalue weighted by atomic mass is 16.5. The summed E-state index contributed by atoms with van der Waals surface area (Å²) in [7, 11) is 0. The largest absolute Gasteiger partial charge is 0.352 e. The molecule has 0 saturated heterocycles. The van der Waals surface area contributed by atoms with E-state index >= 15 is 0 Å². The van der Waals surface area contributed by atoms with E-state index in [1.165, 1.54) is 6.39 Å². The predicted molar refractivity (Wildman–Crippen MR) is 30.7 cm³/mol. The molecule has 10 heavy (non-hydrogen) atoms. The molecule has 1 rings (SSSR count). The molecule has 6 nitrogen and oxygen atoms in total. The Morgan fingerprint density at radius 2 is 2.70 bits per heavy atom. The zero-order chi connectivity index (χ0) is 7.40. The maximum absolute atomic E-state index is 10.1. The summed E-state index contributed by atoms with van der Waals surface area (Å²) in [5.74, 6) is 0.402.